The molecule has 1 aliphatic heterocycles. The fourth-order valence-corrected chi connectivity index (χ4v) is 8.37. The average molecular weight is 709 g/mol. The molecule has 14 heteroatoms. The SMILES string of the molecule is N#Cc1c(-c2ccc(OCCCc3sc(N4CCc5cccc(C(=O)Nc6nc7ccccc7s6)c5C4)nc3OC(=O)O)cc2)csc1N. The predicted molar refractivity (Wildman–Crippen MR) is 192 cm³/mol. The summed E-state index contributed by atoms with van der Waals surface area (Å²) in [5.41, 5.74) is 11.4. The highest BCUT2D eigenvalue weighted by atomic mass is 32.1. The summed E-state index contributed by atoms with van der Waals surface area (Å²) in [6.45, 7) is 1.48. The third-order valence-electron chi connectivity index (χ3n) is 8.05. The molecule has 1 aliphatic rings. The molecule has 49 heavy (non-hydrogen) atoms. The number of nitrogens with one attached hydrogen (secondary N) is 1. The van der Waals surface area contributed by atoms with Gasteiger partial charge in [-0.15, -0.1) is 11.3 Å². The molecule has 4 N–H and O–H groups in total. The Hall–Kier alpha value is -5.49. The summed E-state index contributed by atoms with van der Waals surface area (Å²) in [4.78, 5) is 36.8. The van der Waals surface area contributed by atoms with Gasteiger partial charge in [0.2, 0.25) is 5.88 Å². The molecule has 0 saturated carbocycles. The van der Waals surface area contributed by atoms with Crippen molar-refractivity contribution in [2.75, 3.05) is 29.1 Å². The molecule has 246 valence electrons. The van der Waals surface area contributed by atoms with Gasteiger partial charge in [-0.1, -0.05) is 59.1 Å². The highest BCUT2D eigenvalue weighted by molar-refractivity contribution is 7.22. The summed E-state index contributed by atoms with van der Waals surface area (Å²) in [5.74, 6) is 0.505. The predicted octanol–water partition coefficient (Wildman–Crippen LogP) is 7.82. The Balaban J connectivity index is 1.01. The van der Waals surface area contributed by atoms with Crippen molar-refractivity contribution in [3.8, 4) is 28.8 Å². The minimum absolute atomic E-state index is 0.0628. The van der Waals surface area contributed by atoms with Crippen LogP contribution in [0, 0.1) is 11.3 Å². The minimum Gasteiger partial charge on any atom is -0.494 e. The Kier molecular flexibility index (Phi) is 9.12. The molecule has 0 spiro atoms. The number of anilines is 3. The highest BCUT2D eigenvalue weighted by Crippen LogP contribution is 2.37. The second kappa shape index (κ2) is 13.9. The van der Waals surface area contributed by atoms with Crippen LogP contribution in [0.2, 0.25) is 0 Å². The van der Waals surface area contributed by atoms with Gasteiger partial charge in [0.15, 0.2) is 10.3 Å². The lowest BCUT2D eigenvalue weighted by Crippen LogP contribution is -2.32. The monoisotopic (exact) mass is 708 g/mol. The number of hydrogen-bond acceptors (Lipinski definition) is 12. The van der Waals surface area contributed by atoms with Crippen molar-refractivity contribution in [1.82, 2.24) is 9.97 Å². The van der Waals surface area contributed by atoms with E-state index in [-0.39, 0.29) is 11.8 Å². The van der Waals surface area contributed by atoms with Crippen LogP contribution < -0.4 is 25.4 Å². The normalized spacial score (nSPS) is 12.3. The number of aromatic nitrogens is 2. The third kappa shape index (κ3) is 6.91. The Morgan fingerprint density at radius 2 is 1.90 bits per heavy atom. The number of nitrogens with two attached hydrogens (primary N) is 1. The number of nitrogens with zero attached hydrogens (tertiary/aromatic N) is 4. The maximum absolute atomic E-state index is 13.5. The van der Waals surface area contributed by atoms with Crippen molar-refractivity contribution in [2.24, 2.45) is 0 Å². The van der Waals surface area contributed by atoms with E-state index in [9.17, 15) is 20.0 Å². The van der Waals surface area contributed by atoms with Crippen molar-refractivity contribution in [2.45, 2.75) is 25.8 Å². The third-order valence-corrected chi connectivity index (χ3v) is 11.0. The van der Waals surface area contributed by atoms with E-state index in [1.807, 2.05) is 72.1 Å². The molecule has 11 nitrogen and oxygen atoms in total. The summed E-state index contributed by atoms with van der Waals surface area (Å²) in [7, 11) is 0. The molecule has 0 unspecified atom stereocenters. The molecular weight excluding hydrogens is 681 g/mol. The van der Waals surface area contributed by atoms with Gasteiger partial charge < -0.3 is 25.2 Å². The zero-order chi connectivity index (χ0) is 33.9. The van der Waals surface area contributed by atoms with Crippen molar-refractivity contribution >= 4 is 71.6 Å². The summed E-state index contributed by atoms with van der Waals surface area (Å²) in [6.07, 6.45) is 0.362. The molecule has 0 atom stereocenters. The van der Waals surface area contributed by atoms with E-state index in [0.717, 1.165) is 32.5 Å². The van der Waals surface area contributed by atoms with Crippen LogP contribution >= 0.6 is 34.0 Å². The Bertz CT molecular complexity index is 2190. The summed E-state index contributed by atoms with van der Waals surface area (Å²) in [6, 6.07) is 23.1. The van der Waals surface area contributed by atoms with E-state index >= 15 is 0 Å². The maximum atomic E-state index is 13.5. The quantitative estimate of drug-likeness (QED) is 0.0944. The largest absolute Gasteiger partial charge is 0.512 e. The van der Waals surface area contributed by atoms with Crippen molar-refractivity contribution in [3.05, 3.63) is 99.2 Å². The fraction of sp³-hybridized carbons (Fsp3) is 0.171. The molecule has 3 aromatic carbocycles. The Morgan fingerprint density at radius 3 is 2.69 bits per heavy atom. The van der Waals surface area contributed by atoms with E-state index in [1.165, 1.54) is 34.0 Å². The first-order chi connectivity index (χ1) is 23.9. The molecule has 4 heterocycles. The molecule has 3 aromatic heterocycles. The number of fused-ring (bicyclic) bond motifs is 2. The van der Waals surface area contributed by atoms with Gasteiger partial charge in [0, 0.05) is 29.6 Å². The number of para-hydroxylation sites is 1. The van der Waals surface area contributed by atoms with E-state index < -0.39 is 6.16 Å². The molecule has 0 aliphatic carbocycles. The summed E-state index contributed by atoms with van der Waals surface area (Å²) < 4.78 is 12.0. The van der Waals surface area contributed by atoms with Crippen molar-refractivity contribution in [3.63, 3.8) is 0 Å². The number of nitrogen functional groups attached to an aromatic ring is 1. The lowest BCUT2D eigenvalue weighted by atomic mass is 9.94. The van der Waals surface area contributed by atoms with Gasteiger partial charge in [-0.25, -0.2) is 9.78 Å². The van der Waals surface area contributed by atoms with Crippen molar-refractivity contribution < 1.29 is 24.2 Å². The number of ether oxygens (including phenoxy) is 2. The van der Waals surface area contributed by atoms with Gasteiger partial charge in [0.05, 0.1) is 27.3 Å². The molecule has 1 amide bonds. The molecule has 7 rings (SSSR count). The number of amides is 1. The zero-order valence-corrected chi connectivity index (χ0v) is 28.3. The first-order valence-electron chi connectivity index (χ1n) is 15.3. The molecule has 0 saturated heterocycles. The van der Waals surface area contributed by atoms with Crippen LogP contribution in [-0.4, -0.2) is 40.3 Å². The number of thiazole rings is 2. The van der Waals surface area contributed by atoms with Crippen LogP contribution in [-0.2, 0) is 19.4 Å². The molecule has 0 bridgehead atoms. The number of nitriles is 1. The van der Waals surface area contributed by atoms with Crippen LogP contribution in [0.15, 0.2) is 72.1 Å². The van der Waals surface area contributed by atoms with Gasteiger partial charge in [-0.2, -0.15) is 10.2 Å². The van der Waals surface area contributed by atoms with Gasteiger partial charge in [0.1, 0.15) is 16.8 Å². The average Bonchev–Trinajstić information content (AvgIpc) is 3.82. The minimum atomic E-state index is -1.43. The first kappa shape index (κ1) is 32.1. The standard InChI is InChI=1S/C35H28N6O5S3/c36-17-24-26(19-47-30(24)37)21-10-12-22(13-11-21)45-16-4-9-29-32(46-35(43)44)40-34(49-29)41-15-14-20-5-3-6-23(25(20)18-41)31(42)39-33-38-27-7-1-2-8-28(27)48-33/h1-3,5-8,10-13,19H,4,9,14-16,18,37H2,(H,43,44)(H,38,39,42). The number of carbonyl (C=O) groups is 2. The topological polar surface area (TPSA) is 164 Å². The van der Waals surface area contributed by atoms with E-state index in [0.29, 0.717) is 76.0 Å². The van der Waals surface area contributed by atoms with Gasteiger partial charge in [-0.3, -0.25) is 10.1 Å². The molecular formula is C35H28N6O5S3. The Labute approximate surface area is 292 Å². The van der Waals surface area contributed by atoms with E-state index in [2.05, 4.69) is 26.3 Å². The van der Waals surface area contributed by atoms with Gasteiger partial charge >= 0.3 is 6.16 Å². The zero-order valence-electron chi connectivity index (χ0n) is 25.8. The number of benzene rings is 3. The number of carbonyl (C=O) groups excluding carboxylic acids is 1. The molecule has 6 aromatic rings. The summed E-state index contributed by atoms with van der Waals surface area (Å²) in [5, 5.41) is 25.3. The van der Waals surface area contributed by atoms with E-state index in [4.69, 9.17) is 15.2 Å². The second-order valence-electron chi connectivity index (χ2n) is 11.1. The first-order valence-corrected chi connectivity index (χ1v) is 17.8. The van der Waals surface area contributed by atoms with Gasteiger partial charge in [0.25, 0.3) is 5.91 Å². The van der Waals surface area contributed by atoms with Crippen molar-refractivity contribution in [1.29, 1.82) is 5.26 Å². The number of hydrogen-bond donors (Lipinski definition) is 3. The van der Waals surface area contributed by atoms with Crippen LogP contribution in [0.4, 0.5) is 20.1 Å². The lowest BCUT2D eigenvalue weighted by Gasteiger charge is -2.29. The van der Waals surface area contributed by atoms with Crippen LogP contribution in [0.3, 0.4) is 0 Å². The fourth-order valence-electron chi connectivity index (χ4n) is 5.68. The Morgan fingerprint density at radius 1 is 1.06 bits per heavy atom. The lowest BCUT2D eigenvalue weighted by molar-refractivity contribution is 0.102. The number of aryl methyl sites for hydroxylation is 1. The second-order valence-corrected chi connectivity index (χ2v) is 14.1. The van der Waals surface area contributed by atoms with E-state index in [1.54, 1.807) is 0 Å². The van der Waals surface area contributed by atoms with Crippen LogP contribution in [0.1, 0.15) is 38.3 Å². The molecule has 0 radical (unpaired) electrons. The smallest absolute Gasteiger partial charge is 0.494 e. The molecule has 0 fully saturated rings. The number of carboxylic acid groups (broad SMARTS) is 1. The van der Waals surface area contributed by atoms with Crippen LogP contribution in [0.25, 0.3) is 21.3 Å². The summed E-state index contributed by atoms with van der Waals surface area (Å²) >= 11 is 4.14. The highest BCUT2D eigenvalue weighted by Gasteiger charge is 2.26. The number of thiophene rings is 1. The van der Waals surface area contributed by atoms with Gasteiger partial charge in [-0.05, 0) is 66.3 Å². The number of rotatable bonds is 10. The maximum Gasteiger partial charge on any atom is 0.512 e. The van der Waals surface area contributed by atoms with Crippen LogP contribution in [0.5, 0.6) is 11.6 Å².